The number of hydrogen-bond donors (Lipinski definition) is 3. The molecule has 0 aliphatic heterocycles. The quantitative estimate of drug-likeness (QED) is 0.606. The van der Waals surface area contributed by atoms with Crippen molar-refractivity contribution in [3.8, 4) is 5.75 Å². The highest BCUT2D eigenvalue weighted by molar-refractivity contribution is 7.89. The predicted octanol–water partition coefficient (Wildman–Crippen LogP) is 2.18. The molecular formula is C16H19FN4O4S. The fraction of sp³-hybridized carbons (Fsp3) is 0.250. The topological polar surface area (TPSA) is 109 Å². The smallest absolute Gasteiger partial charge is 0.323 e. The monoisotopic (exact) mass is 382 g/mol. The van der Waals surface area contributed by atoms with Crippen LogP contribution in [0.25, 0.3) is 0 Å². The number of nitrogens with one attached hydrogen (secondary N) is 3. The molecule has 3 N–H and O–H groups in total. The second-order valence-corrected chi connectivity index (χ2v) is 7.24. The summed E-state index contributed by atoms with van der Waals surface area (Å²) in [6, 6.07) is 6.46. The maximum atomic E-state index is 13.7. The Balaban J connectivity index is 1.91. The van der Waals surface area contributed by atoms with Gasteiger partial charge >= 0.3 is 6.03 Å². The van der Waals surface area contributed by atoms with Gasteiger partial charge in [0.15, 0.2) is 0 Å². The van der Waals surface area contributed by atoms with E-state index in [1.165, 1.54) is 19.2 Å². The molecule has 2 rings (SSSR count). The van der Waals surface area contributed by atoms with Crippen LogP contribution in [-0.4, -0.2) is 38.3 Å². The Morgan fingerprint density at radius 1 is 1.23 bits per heavy atom. The summed E-state index contributed by atoms with van der Waals surface area (Å²) in [5.74, 6) is -0.474. The van der Waals surface area contributed by atoms with Crippen LogP contribution in [0.15, 0.2) is 42.7 Å². The molecule has 0 atom stereocenters. The van der Waals surface area contributed by atoms with E-state index >= 15 is 0 Å². The first-order chi connectivity index (χ1) is 12.4. The number of ether oxygens (including phenoxy) is 1. The van der Waals surface area contributed by atoms with Gasteiger partial charge in [0.1, 0.15) is 18.2 Å². The van der Waals surface area contributed by atoms with Crippen molar-refractivity contribution in [1.82, 2.24) is 9.71 Å². The lowest BCUT2D eigenvalue weighted by atomic mass is 10.3. The minimum absolute atomic E-state index is 0.0179. The Morgan fingerprint density at radius 2 is 2.00 bits per heavy atom. The number of hydrogen-bond acceptors (Lipinski definition) is 5. The van der Waals surface area contributed by atoms with Crippen LogP contribution in [0.4, 0.5) is 20.6 Å². The van der Waals surface area contributed by atoms with Crippen LogP contribution >= 0.6 is 0 Å². The third-order valence-corrected chi connectivity index (χ3v) is 4.53. The van der Waals surface area contributed by atoms with Gasteiger partial charge in [0.05, 0.1) is 17.6 Å². The number of amides is 2. The largest absolute Gasteiger partial charge is 0.492 e. The van der Waals surface area contributed by atoms with Gasteiger partial charge in [-0.25, -0.2) is 22.3 Å². The van der Waals surface area contributed by atoms with E-state index < -0.39 is 21.9 Å². The SMILES string of the molecule is CCS(=O)(=O)NCCOc1cc(F)cc(NC(=O)Nc2cccnc2)c1. The van der Waals surface area contributed by atoms with Crippen LogP contribution in [0, 0.1) is 5.82 Å². The molecule has 1 heterocycles. The summed E-state index contributed by atoms with van der Waals surface area (Å²) in [6.45, 7) is 1.59. The van der Waals surface area contributed by atoms with Crippen molar-refractivity contribution in [3.05, 3.63) is 48.5 Å². The summed E-state index contributed by atoms with van der Waals surface area (Å²) >= 11 is 0. The van der Waals surface area contributed by atoms with E-state index in [0.29, 0.717) is 5.69 Å². The number of pyridine rings is 1. The third kappa shape index (κ3) is 6.65. The Morgan fingerprint density at radius 3 is 2.69 bits per heavy atom. The molecule has 1 aromatic heterocycles. The molecule has 8 nitrogen and oxygen atoms in total. The zero-order valence-corrected chi connectivity index (χ0v) is 14.8. The molecule has 0 unspecified atom stereocenters. The lowest BCUT2D eigenvalue weighted by Gasteiger charge is -2.11. The Kier molecular flexibility index (Phi) is 6.87. The molecule has 0 aliphatic carbocycles. The summed E-state index contributed by atoms with van der Waals surface area (Å²) in [4.78, 5) is 15.8. The lowest BCUT2D eigenvalue weighted by Crippen LogP contribution is -2.29. The summed E-state index contributed by atoms with van der Waals surface area (Å²) in [7, 11) is -3.31. The number of nitrogens with zero attached hydrogens (tertiary/aromatic N) is 1. The first-order valence-electron chi connectivity index (χ1n) is 7.77. The van der Waals surface area contributed by atoms with E-state index in [4.69, 9.17) is 4.74 Å². The van der Waals surface area contributed by atoms with Gasteiger partial charge in [0.25, 0.3) is 0 Å². The number of urea groups is 1. The second-order valence-electron chi connectivity index (χ2n) is 5.14. The molecular weight excluding hydrogens is 363 g/mol. The van der Waals surface area contributed by atoms with Crippen molar-refractivity contribution < 1.29 is 22.3 Å². The van der Waals surface area contributed by atoms with E-state index in [9.17, 15) is 17.6 Å². The molecule has 2 amide bonds. The standard InChI is InChI=1S/C16H19FN4O4S/c1-2-26(23,24)19-6-7-25-15-9-12(17)8-14(10-15)21-16(22)20-13-4-3-5-18-11-13/h3-5,8-11,19H,2,6-7H2,1H3,(H2,20,21,22). The van der Waals surface area contributed by atoms with Gasteiger partial charge in [-0.15, -0.1) is 0 Å². The van der Waals surface area contributed by atoms with Gasteiger partial charge in [-0.3, -0.25) is 4.98 Å². The summed E-state index contributed by atoms with van der Waals surface area (Å²) in [6.07, 6.45) is 3.04. The minimum Gasteiger partial charge on any atom is -0.492 e. The van der Waals surface area contributed by atoms with Crippen LogP contribution in [0.1, 0.15) is 6.92 Å². The Labute approximate surface area is 150 Å². The average molecular weight is 382 g/mol. The molecule has 140 valence electrons. The number of aromatic nitrogens is 1. The van der Waals surface area contributed by atoms with E-state index in [0.717, 1.165) is 12.1 Å². The zero-order chi connectivity index (χ0) is 19.0. The van der Waals surface area contributed by atoms with Crippen molar-refractivity contribution >= 4 is 27.4 Å². The molecule has 0 saturated heterocycles. The van der Waals surface area contributed by atoms with Crippen LogP contribution in [-0.2, 0) is 10.0 Å². The molecule has 2 aromatic rings. The maximum absolute atomic E-state index is 13.7. The molecule has 10 heteroatoms. The van der Waals surface area contributed by atoms with Crippen molar-refractivity contribution in [2.75, 3.05) is 29.5 Å². The number of sulfonamides is 1. The van der Waals surface area contributed by atoms with Crippen LogP contribution < -0.4 is 20.1 Å². The number of anilines is 2. The summed E-state index contributed by atoms with van der Waals surface area (Å²) < 4.78 is 43.9. The Hall–Kier alpha value is -2.72. The Bertz CT molecular complexity index is 847. The fourth-order valence-corrected chi connectivity index (χ4v) is 2.51. The molecule has 0 bridgehead atoms. The highest BCUT2D eigenvalue weighted by atomic mass is 32.2. The molecule has 26 heavy (non-hydrogen) atoms. The molecule has 1 aromatic carbocycles. The van der Waals surface area contributed by atoms with E-state index in [1.807, 2.05) is 0 Å². The highest BCUT2D eigenvalue weighted by Crippen LogP contribution is 2.20. The highest BCUT2D eigenvalue weighted by Gasteiger charge is 2.08. The first-order valence-corrected chi connectivity index (χ1v) is 9.42. The number of halogens is 1. The van der Waals surface area contributed by atoms with Crippen molar-refractivity contribution in [2.45, 2.75) is 6.92 Å². The summed E-state index contributed by atoms with van der Waals surface area (Å²) in [5, 5.41) is 5.04. The van der Waals surface area contributed by atoms with Gasteiger partial charge in [0, 0.05) is 30.6 Å². The normalized spacial score (nSPS) is 11.0. The predicted molar refractivity (Wildman–Crippen MR) is 96.2 cm³/mol. The molecule has 0 radical (unpaired) electrons. The van der Waals surface area contributed by atoms with E-state index in [2.05, 4.69) is 20.3 Å². The van der Waals surface area contributed by atoms with E-state index in [1.54, 1.807) is 18.3 Å². The maximum Gasteiger partial charge on any atom is 0.323 e. The second kappa shape index (κ2) is 9.11. The summed E-state index contributed by atoms with van der Waals surface area (Å²) in [5.41, 5.74) is 0.677. The number of carbonyl (C=O) groups excluding carboxylic acids is 1. The van der Waals surface area contributed by atoms with Crippen molar-refractivity contribution in [2.24, 2.45) is 0 Å². The average Bonchev–Trinajstić information content (AvgIpc) is 2.59. The van der Waals surface area contributed by atoms with Crippen molar-refractivity contribution in [1.29, 1.82) is 0 Å². The van der Waals surface area contributed by atoms with Crippen LogP contribution in [0.2, 0.25) is 0 Å². The number of carbonyl (C=O) groups is 1. The van der Waals surface area contributed by atoms with Crippen LogP contribution in [0.5, 0.6) is 5.75 Å². The minimum atomic E-state index is -3.31. The first kappa shape index (κ1) is 19.6. The van der Waals surface area contributed by atoms with Gasteiger partial charge < -0.3 is 15.4 Å². The number of benzene rings is 1. The number of rotatable bonds is 8. The van der Waals surface area contributed by atoms with Gasteiger partial charge in [-0.05, 0) is 25.1 Å². The molecule has 0 saturated carbocycles. The fourth-order valence-electron chi connectivity index (χ4n) is 1.92. The van der Waals surface area contributed by atoms with Gasteiger partial charge in [0.2, 0.25) is 10.0 Å². The molecule has 0 aliphatic rings. The van der Waals surface area contributed by atoms with E-state index in [-0.39, 0.29) is 30.3 Å². The van der Waals surface area contributed by atoms with Gasteiger partial charge in [-0.2, -0.15) is 0 Å². The molecule has 0 spiro atoms. The third-order valence-electron chi connectivity index (χ3n) is 3.12. The lowest BCUT2D eigenvalue weighted by molar-refractivity contribution is 0.262. The molecule has 0 fully saturated rings. The van der Waals surface area contributed by atoms with Gasteiger partial charge in [-0.1, -0.05) is 0 Å². The van der Waals surface area contributed by atoms with Crippen molar-refractivity contribution in [3.63, 3.8) is 0 Å². The van der Waals surface area contributed by atoms with Crippen LogP contribution in [0.3, 0.4) is 0 Å². The zero-order valence-electron chi connectivity index (χ0n) is 14.0.